The van der Waals surface area contributed by atoms with Crippen LogP contribution < -0.4 is 10.6 Å². The van der Waals surface area contributed by atoms with Crippen molar-refractivity contribution in [2.24, 2.45) is 0 Å². The molecule has 3 rings (SSSR count). The Morgan fingerprint density at radius 2 is 2.14 bits per heavy atom. The summed E-state index contributed by atoms with van der Waals surface area (Å²) in [5.41, 5.74) is 2.95. The SMILES string of the molecule is CCN1CCc2c(C#N)c(NCCCN(C)C)nc(NCc3ccco3)c2C1. The average molecular weight is 383 g/mol. The molecule has 0 saturated heterocycles. The van der Waals surface area contributed by atoms with Gasteiger partial charge in [-0.2, -0.15) is 5.26 Å². The van der Waals surface area contributed by atoms with Crippen molar-refractivity contribution >= 4 is 11.6 Å². The van der Waals surface area contributed by atoms with Gasteiger partial charge in [0.1, 0.15) is 23.5 Å². The highest BCUT2D eigenvalue weighted by molar-refractivity contribution is 5.66. The number of hydrogen-bond acceptors (Lipinski definition) is 7. The quantitative estimate of drug-likeness (QED) is 0.646. The maximum absolute atomic E-state index is 9.83. The van der Waals surface area contributed by atoms with Crippen molar-refractivity contribution in [2.45, 2.75) is 32.9 Å². The van der Waals surface area contributed by atoms with E-state index in [1.165, 1.54) is 0 Å². The molecule has 0 radical (unpaired) electrons. The zero-order valence-corrected chi connectivity index (χ0v) is 17.1. The number of nitriles is 1. The number of likely N-dealkylation sites (N-methyl/N-ethyl adjacent to an activating group) is 1. The summed E-state index contributed by atoms with van der Waals surface area (Å²) in [6.45, 7) is 7.30. The number of aromatic nitrogens is 1. The topological polar surface area (TPSA) is 80.4 Å². The van der Waals surface area contributed by atoms with Crippen molar-refractivity contribution in [2.75, 3.05) is 50.9 Å². The Kier molecular flexibility index (Phi) is 6.90. The van der Waals surface area contributed by atoms with Crippen LogP contribution in [0.2, 0.25) is 0 Å². The predicted octanol–water partition coefficient (Wildman–Crippen LogP) is 2.90. The summed E-state index contributed by atoms with van der Waals surface area (Å²) in [6.07, 6.45) is 3.54. The first-order chi connectivity index (χ1) is 13.6. The Balaban J connectivity index is 1.86. The van der Waals surface area contributed by atoms with Crippen LogP contribution in [0.15, 0.2) is 22.8 Å². The molecule has 2 aromatic heterocycles. The molecule has 7 nitrogen and oxygen atoms in total. The van der Waals surface area contributed by atoms with Gasteiger partial charge in [0.25, 0.3) is 0 Å². The number of anilines is 2. The van der Waals surface area contributed by atoms with Crippen LogP contribution in [-0.2, 0) is 19.5 Å². The molecule has 0 saturated carbocycles. The summed E-state index contributed by atoms with van der Waals surface area (Å²) in [7, 11) is 4.13. The molecular weight excluding hydrogens is 352 g/mol. The molecule has 0 atom stereocenters. The van der Waals surface area contributed by atoms with E-state index in [1.807, 2.05) is 12.1 Å². The van der Waals surface area contributed by atoms with E-state index >= 15 is 0 Å². The van der Waals surface area contributed by atoms with Gasteiger partial charge >= 0.3 is 0 Å². The normalized spacial score (nSPS) is 14.0. The van der Waals surface area contributed by atoms with E-state index in [0.717, 1.165) is 68.3 Å². The third kappa shape index (κ3) is 4.83. The lowest BCUT2D eigenvalue weighted by molar-refractivity contribution is 0.268. The lowest BCUT2D eigenvalue weighted by atomic mass is 9.95. The summed E-state index contributed by atoms with van der Waals surface area (Å²) >= 11 is 0. The molecule has 0 spiro atoms. The van der Waals surface area contributed by atoms with Crippen molar-refractivity contribution in [1.82, 2.24) is 14.8 Å². The molecular formula is C21H30N6O. The molecule has 0 bridgehead atoms. The molecule has 0 amide bonds. The second kappa shape index (κ2) is 9.58. The molecule has 0 aliphatic carbocycles. The molecule has 28 heavy (non-hydrogen) atoms. The first-order valence-corrected chi connectivity index (χ1v) is 9.95. The van der Waals surface area contributed by atoms with Gasteiger partial charge < -0.3 is 20.0 Å². The van der Waals surface area contributed by atoms with E-state index in [4.69, 9.17) is 9.40 Å². The van der Waals surface area contributed by atoms with Crippen LogP contribution in [0.1, 0.15) is 35.8 Å². The Labute approximate surface area is 167 Å². The standard InChI is InChI=1S/C21H30N6O/c1-4-27-11-8-17-18(13-22)20(23-9-6-10-26(2)3)25-21(19(17)15-27)24-14-16-7-5-12-28-16/h5,7,12H,4,6,8-11,14-15H2,1-3H3,(H2,23,24,25). The maximum atomic E-state index is 9.83. The number of rotatable bonds is 9. The Hall–Kier alpha value is -2.56. The molecule has 0 unspecified atom stereocenters. The van der Waals surface area contributed by atoms with Crippen LogP contribution in [0.3, 0.4) is 0 Å². The van der Waals surface area contributed by atoms with Gasteiger partial charge in [-0.25, -0.2) is 4.98 Å². The van der Waals surface area contributed by atoms with Crippen LogP contribution >= 0.6 is 0 Å². The van der Waals surface area contributed by atoms with Crippen LogP contribution in [0.4, 0.5) is 11.6 Å². The fourth-order valence-corrected chi connectivity index (χ4v) is 3.54. The van der Waals surface area contributed by atoms with Crippen LogP contribution in [0.5, 0.6) is 0 Å². The second-order valence-corrected chi connectivity index (χ2v) is 7.39. The van der Waals surface area contributed by atoms with E-state index in [9.17, 15) is 5.26 Å². The van der Waals surface area contributed by atoms with Gasteiger partial charge in [0.15, 0.2) is 0 Å². The Morgan fingerprint density at radius 3 is 2.82 bits per heavy atom. The van der Waals surface area contributed by atoms with Crippen molar-refractivity contribution < 1.29 is 4.42 Å². The summed E-state index contributed by atoms with van der Waals surface area (Å²) in [5.74, 6) is 2.40. The molecule has 150 valence electrons. The molecule has 1 aliphatic heterocycles. The molecule has 2 N–H and O–H groups in total. The second-order valence-electron chi connectivity index (χ2n) is 7.39. The first kappa shape index (κ1) is 20.2. The first-order valence-electron chi connectivity index (χ1n) is 9.95. The average Bonchev–Trinajstić information content (AvgIpc) is 3.22. The summed E-state index contributed by atoms with van der Waals surface area (Å²) in [4.78, 5) is 9.35. The van der Waals surface area contributed by atoms with Crippen molar-refractivity contribution in [3.63, 3.8) is 0 Å². The monoisotopic (exact) mass is 382 g/mol. The number of fused-ring (bicyclic) bond motifs is 1. The van der Waals surface area contributed by atoms with Gasteiger partial charge in [0.2, 0.25) is 0 Å². The summed E-state index contributed by atoms with van der Waals surface area (Å²) < 4.78 is 5.45. The van der Waals surface area contributed by atoms with E-state index < -0.39 is 0 Å². The molecule has 7 heteroatoms. The third-order valence-electron chi connectivity index (χ3n) is 5.12. The van der Waals surface area contributed by atoms with Gasteiger partial charge in [-0.3, -0.25) is 4.90 Å². The molecule has 3 heterocycles. The molecule has 0 fully saturated rings. The van der Waals surface area contributed by atoms with Gasteiger partial charge in [-0.15, -0.1) is 0 Å². The third-order valence-corrected chi connectivity index (χ3v) is 5.12. The predicted molar refractivity (Wildman–Crippen MR) is 111 cm³/mol. The number of hydrogen-bond donors (Lipinski definition) is 2. The zero-order valence-electron chi connectivity index (χ0n) is 17.1. The van der Waals surface area contributed by atoms with Gasteiger partial charge in [-0.1, -0.05) is 6.92 Å². The highest BCUT2D eigenvalue weighted by atomic mass is 16.3. The highest BCUT2D eigenvalue weighted by Gasteiger charge is 2.25. The highest BCUT2D eigenvalue weighted by Crippen LogP contribution is 2.32. The van der Waals surface area contributed by atoms with E-state index in [-0.39, 0.29) is 0 Å². The van der Waals surface area contributed by atoms with Crippen molar-refractivity contribution in [3.8, 4) is 6.07 Å². The van der Waals surface area contributed by atoms with E-state index in [0.29, 0.717) is 17.9 Å². The van der Waals surface area contributed by atoms with Crippen molar-refractivity contribution in [3.05, 3.63) is 40.8 Å². The fraction of sp³-hybridized carbons (Fsp3) is 0.524. The minimum Gasteiger partial charge on any atom is -0.467 e. The molecule has 0 aromatic carbocycles. The number of furan rings is 1. The molecule has 1 aliphatic rings. The van der Waals surface area contributed by atoms with Crippen molar-refractivity contribution in [1.29, 1.82) is 5.26 Å². The number of pyridine rings is 1. The molecule has 2 aromatic rings. The Bertz CT molecular complexity index is 809. The maximum Gasteiger partial charge on any atom is 0.146 e. The minimum atomic E-state index is 0.574. The van der Waals surface area contributed by atoms with Crippen LogP contribution in [0, 0.1) is 11.3 Å². The van der Waals surface area contributed by atoms with E-state index in [1.54, 1.807) is 6.26 Å². The summed E-state index contributed by atoms with van der Waals surface area (Å²) in [6, 6.07) is 6.23. The van der Waals surface area contributed by atoms with Crippen LogP contribution in [-0.4, -0.2) is 55.1 Å². The van der Waals surface area contributed by atoms with E-state index in [2.05, 4.69) is 47.5 Å². The van der Waals surface area contributed by atoms with Gasteiger partial charge in [-0.05, 0) is 57.7 Å². The lowest BCUT2D eigenvalue weighted by Crippen LogP contribution is -2.32. The zero-order chi connectivity index (χ0) is 19.9. The fourth-order valence-electron chi connectivity index (χ4n) is 3.54. The minimum absolute atomic E-state index is 0.574. The van der Waals surface area contributed by atoms with Crippen LogP contribution in [0.25, 0.3) is 0 Å². The largest absolute Gasteiger partial charge is 0.467 e. The number of nitrogens with one attached hydrogen (secondary N) is 2. The lowest BCUT2D eigenvalue weighted by Gasteiger charge is -2.30. The van der Waals surface area contributed by atoms with Gasteiger partial charge in [0, 0.05) is 25.2 Å². The van der Waals surface area contributed by atoms with Gasteiger partial charge in [0.05, 0.1) is 18.4 Å². The Morgan fingerprint density at radius 1 is 1.29 bits per heavy atom. The number of nitrogens with zero attached hydrogens (tertiary/aromatic N) is 4. The smallest absolute Gasteiger partial charge is 0.146 e. The summed E-state index contributed by atoms with van der Waals surface area (Å²) in [5, 5.41) is 16.6.